The molecule has 4 nitrogen and oxygen atoms in total. The van der Waals surface area contributed by atoms with Gasteiger partial charge in [-0.1, -0.05) is 24.3 Å². The van der Waals surface area contributed by atoms with Crippen LogP contribution in [0.25, 0.3) is 0 Å². The minimum Gasteiger partial charge on any atom is -0.496 e. The van der Waals surface area contributed by atoms with E-state index in [4.69, 9.17) is 9.47 Å². The summed E-state index contributed by atoms with van der Waals surface area (Å²) in [7, 11) is 1.71. The Morgan fingerprint density at radius 3 is 3.05 bits per heavy atom. The van der Waals surface area contributed by atoms with E-state index in [0.717, 1.165) is 49.8 Å². The average Bonchev–Trinajstić information content (AvgIpc) is 2.59. The van der Waals surface area contributed by atoms with Crippen molar-refractivity contribution < 1.29 is 9.47 Å². The Morgan fingerprint density at radius 2 is 2.14 bits per heavy atom. The van der Waals surface area contributed by atoms with E-state index in [0.29, 0.717) is 0 Å². The van der Waals surface area contributed by atoms with E-state index < -0.39 is 0 Å². The van der Waals surface area contributed by atoms with Crippen molar-refractivity contribution in [3.05, 3.63) is 53.6 Å². The van der Waals surface area contributed by atoms with Gasteiger partial charge >= 0.3 is 0 Å². The van der Waals surface area contributed by atoms with Crippen LogP contribution in [0.2, 0.25) is 0 Å². The second kappa shape index (κ2) is 7.18. The van der Waals surface area contributed by atoms with Crippen LogP contribution in [-0.2, 0) is 13.0 Å². The van der Waals surface area contributed by atoms with E-state index in [1.54, 1.807) is 7.11 Å². The van der Waals surface area contributed by atoms with Crippen LogP contribution in [0.1, 0.15) is 11.1 Å². The van der Waals surface area contributed by atoms with Crippen molar-refractivity contribution in [1.82, 2.24) is 5.32 Å². The zero-order chi connectivity index (χ0) is 15.2. The van der Waals surface area contributed by atoms with E-state index in [2.05, 4.69) is 34.9 Å². The first kappa shape index (κ1) is 14.7. The summed E-state index contributed by atoms with van der Waals surface area (Å²) in [5.74, 6) is 1.89. The van der Waals surface area contributed by atoms with Crippen LogP contribution in [0, 0.1) is 0 Å². The third kappa shape index (κ3) is 3.52. The van der Waals surface area contributed by atoms with Crippen LogP contribution >= 0.6 is 0 Å². The van der Waals surface area contributed by atoms with Crippen LogP contribution in [-0.4, -0.2) is 26.8 Å². The lowest BCUT2D eigenvalue weighted by Crippen LogP contribution is -2.19. The lowest BCUT2D eigenvalue weighted by Gasteiger charge is -2.19. The summed E-state index contributed by atoms with van der Waals surface area (Å²) in [6, 6.07) is 14.5. The Kier molecular flexibility index (Phi) is 4.81. The van der Waals surface area contributed by atoms with Crippen LogP contribution < -0.4 is 20.1 Å². The fourth-order valence-electron chi connectivity index (χ4n) is 2.65. The number of benzene rings is 2. The standard InChI is InChI=1S/C18H22N2O2/c1-21-17-5-3-2-4-15(17)13-19-9-8-14-6-7-18-16(12-14)20-10-11-22-18/h2-7,12,19-20H,8-11,13H2,1H3. The maximum Gasteiger partial charge on any atom is 0.142 e. The van der Waals surface area contributed by atoms with E-state index in [-0.39, 0.29) is 0 Å². The van der Waals surface area contributed by atoms with Gasteiger partial charge in [0.15, 0.2) is 0 Å². The minimum absolute atomic E-state index is 0.743. The van der Waals surface area contributed by atoms with Gasteiger partial charge in [0.1, 0.15) is 18.1 Å². The SMILES string of the molecule is COc1ccccc1CNCCc1ccc2c(c1)NCCO2. The van der Waals surface area contributed by atoms with Gasteiger partial charge in [0.25, 0.3) is 0 Å². The maximum atomic E-state index is 5.60. The summed E-state index contributed by atoms with van der Waals surface area (Å²) in [5.41, 5.74) is 3.60. The third-order valence-electron chi connectivity index (χ3n) is 3.82. The molecule has 0 radical (unpaired) electrons. The lowest BCUT2D eigenvalue weighted by atomic mass is 10.1. The molecule has 22 heavy (non-hydrogen) atoms. The normalized spacial score (nSPS) is 13.0. The quantitative estimate of drug-likeness (QED) is 0.805. The van der Waals surface area contributed by atoms with Crippen molar-refractivity contribution in [2.75, 3.05) is 32.1 Å². The van der Waals surface area contributed by atoms with Gasteiger partial charge in [0, 0.05) is 18.7 Å². The number of hydrogen-bond acceptors (Lipinski definition) is 4. The Morgan fingerprint density at radius 1 is 1.23 bits per heavy atom. The molecule has 2 aromatic rings. The topological polar surface area (TPSA) is 42.5 Å². The van der Waals surface area contributed by atoms with Crippen LogP contribution in [0.3, 0.4) is 0 Å². The lowest BCUT2D eigenvalue weighted by molar-refractivity contribution is 0.323. The highest BCUT2D eigenvalue weighted by molar-refractivity contribution is 5.59. The molecule has 1 heterocycles. The first-order chi connectivity index (χ1) is 10.9. The number of anilines is 1. The van der Waals surface area contributed by atoms with Crippen molar-refractivity contribution in [1.29, 1.82) is 0 Å². The summed E-state index contributed by atoms with van der Waals surface area (Å²) in [5, 5.41) is 6.85. The summed E-state index contributed by atoms with van der Waals surface area (Å²) in [4.78, 5) is 0. The highest BCUT2D eigenvalue weighted by Gasteiger charge is 2.09. The predicted octanol–water partition coefficient (Wildman–Crippen LogP) is 2.83. The second-order valence-corrected chi connectivity index (χ2v) is 5.34. The molecule has 2 N–H and O–H groups in total. The second-order valence-electron chi connectivity index (χ2n) is 5.34. The highest BCUT2D eigenvalue weighted by Crippen LogP contribution is 2.28. The van der Waals surface area contributed by atoms with Crippen molar-refractivity contribution in [3.63, 3.8) is 0 Å². The van der Waals surface area contributed by atoms with Gasteiger partial charge in [-0.05, 0) is 36.7 Å². The molecule has 1 aliphatic heterocycles. The van der Waals surface area contributed by atoms with E-state index in [9.17, 15) is 0 Å². The van der Waals surface area contributed by atoms with E-state index in [1.807, 2.05) is 18.2 Å². The number of nitrogens with one attached hydrogen (secondary N) is 2. The molecule has 0 fully saturated rings. The first-order valence-electron chi connectivity index (χ1n) is 7.69. The molecule has 0 aromatic heterocycles. The Balaban J connectivity index is 1.51. The van der Waals surface area contributed by atoms with Gasteiger partial charge in [-0.25, -0.2) is 0 Å². The Bertz CT molecular complexity index is 628. The molecule has 116 valence electrons. The van der Waals surface area contributed by atoms with Gasteiger partial charge in [0.2, 0.25) is 0 Å². The molecular weight excluding hydrogens is 276 g/mol. The third-order valence-corrected chi connectivity index (χ3v) is 3.82. The first-order valence-corrected chi connectivity index (χ1v) is 7.69. The summed E-state index contributed by atoms with van der Waals surface area (Å²) >= 11 is 0. The van der Waals surface area contributed by atoms with Crippen LogP contribution in [0.5, 0.6) is 11.5 Å². The zero-order valence-corrected chi connectivity index (χ0v) is 12.9. The molecular formula is C18H22N2O2. The number of hydrogen-bond donors (Lipinski definition) is 2. The molecule has 2 aromatic carbocycles. The molecule has 1 aliphatic rings. The van der Waals surface area contributed by atoms with Crippen molar-refractivity contribution in [3.8, 4) is 11.5 Å². The maximum absolute atomic E-state index is 5.60. The fraction of sp³-hybridized carbons (Fsp3) is 0.333. The van der Waals surface area contributed by atoms with Gasteiger partial charge in [-0.3, -0.25) is 0 Å². The molecule has 0 saturated heterocycles. The molecule has 4 heteroatoms. The predicted molar refractivity (Wildman–Crippen MR) is 88.8 cm³/mol. The molecule has 0 spiro atoms. The number of fused-ring (bicyclic) bond motifs is 1. The van der Waals surface area contributed by atoms with Gasteiger partial charge in [0.05, 0.1) is 12.8 Å². The number of methoxy groups -OCH3 is 1. The molecule has 0 unspecified atom stereocenters. The smallest absolute Gasteiger partial charge is 0.142 e. The number of rotatable bonds is 6. The Labute approximate surface area is 131 Å². The molecule has 0 amide bonds. The van der Waals surface area contributed by atoms with Crippen molar-refractivity contribution >= 4 is 5.69 Å². The highest BCUT2D eigenvalue weighted by atomic mass is 16.5. The fourth-order valence-corrected chi connectivity index (χ4v) is 2.65. The zero-order valence-electron chi connectivity index (χ0n) is 12.9. The van der Waals surface area contributed by atoms with Crippen molar-refractivity contribution in [2.45, 2.75) is 13.0 Å². The van der Waals surface area contributed by atoms with E-state index in [1.165, 1.54) is 11.1 Å². The average molecular weight is 298 g/mol. The molecule has 3 rings (SSSR count). The van der Waals surface area contributed by atoms with Crippen LogP contribution in [0.4, 0.5) is 5.69 Å². The van der Waals surface area contributed by atoms with Gasteiger partial charge in [-0.2, -0.15) is 0 Å². The van der Waals surface area contributed by atoms with Gasteiger partial charge < -0.3 is 20.1 Å². The number of para-hydroxylation sites is 1. The van der Waals surface area contributed by atoms with Crippen molar-refractivity contribution in [2.24, 2.45) is 0 Å². The number of ether oxygens (including phenoxy) is 2. The monoisotopic (exact) mass is 298 g/mol. The Hall–Kier alpha value is -2.20. The summed E-state index contributed by atoms with van der Waals surface area (Å²) in [6.45, 7) is 3.36. The van der Waals surface area contributed by atoms with Crippen LogP contribution in [0.15, 0.2) is 42.5 Å². The van der Waals surface area contributed by atoms with Gasteiger partial charge in [-0.15, -0.1) is 0 Å². The molecule has 0 saturated carbocycles. The largest absolute Gasteiger partial charge is 0.496 e. The summed E-state index contributed by atoms with van der Waals surface area (Å²) in [6.07, 6.45) is 0.990. The minimum atomic E-state index is 0.743. The summed E-state index contributed by atoms with van der Waals surface area (Å²) < 4.78 is 11.0. The van der Waals surface area contributed by atoms with E-state index >= 15 is 0 Å². The molecule has 0 atom stereocenters. The molecule has 0 aliphatic carbocycles. The molecule has 0 bridgehead atoms.